The number of H-pyrrole nitrogens is 3. The molecule has 0 aliphatic heterocycles. The van der Waals surface area contributed by atoms with Crippen molar-refractivity contribution in [2.75, 3.05) is 19.6 Å². The summed E-state index contributed by atoms with van der Waals surface area (Å²) in [5.41, 5.74) is 1.50. The second-order valence-corrected chi connectivity index (χ2v) is 7.68. The maximum atomic E-state index is 10.6. The number of nitrogens with one attached hydrogen (secondary N) is 3. The number of aromatic amines is 3. The molecule has 12 nitrogen and oxygen atoms in total. The standard InChI is InChI=1S/C21H36N6O6/c28-16(29)10-4-1-7-13-22-19-25-20(23-14-8-2-5-11-17(30)31)27-21(26-19)24-15-9-3-6-12-18(32)33/h1-15H2,(H,28,29)(H,30,31)(H,32,33)(H3,22,23,24,25,26,27). The number of aromatic nitrogens is 3. The molecular weight excluding hydrogens is 432 g/mol. The molecule has 0 amide bonds. The highest BCUT2D eigenvalue weighted by Crippen LogP contribution is 2.00. The third kappa shape index (κ3) is 16.2. The lowest BCUT2D eigenvalue weighted by molar-refractivity contribution is -0.138. The van der Waals surface area contributed by atoms with Gasteiger partial charge >= 0.3 is 17.9 Å². The Kier molecular flexibility index (Phi) is 14.7. The molecule has 1 heterocycles. The normalized spacial score (nSPS) is 10.5. The van der Waals surface area contributed by atoms with Gasteiger partial charge < -0.3 is 15.3 Å². The molecule has 12 heteroatoms. The van der Waals surface area contributed by atoms with Gasteiger partial charge in [-0.2, -0.15) is 0 Å². The maximum absolute atomic E-state index is 10.6. The van der Waals surface area contributed by atoms with E-state index < -0.39 is 17.9 Å². The molecule has 1 aromatic rings. The molecule has 0 unspecified atom stereocenters. The minimum Gasteiger partial charge on any atom is -0.481 e. The summed E-state index contributed by atoms with van der Waals surface area (Å²) in [7, 11) is 0. The van der Waals surface area contributed by atoms with E-state index in [1.165, 1.54) is 0 Å². The number of rotatable bonds is 18. The van der Waals surface area contributed by atoms with E-state index in [0.29, 0.717) is 55.8 Å². The number of nitrogens with zero attached hydrogens (tertiary/aromatic N) is 3. The van der Waals surface area contributed by atoms with Gasteiger partial charge in [0.05, 0.1) is 0 Å². The topological polar surface area (TPSA) is 196 Å². The zero-order valence-corrected chi connectivity index (χ0v) is 19.0. The van der Waals surface area contributed by atoms with Crippen molar-refractivity contribution in [3.63, 3.8) is 0 Å². The molecule has 33 heavy (non-hydrogen) atoms. The van der Waals surface area contributed by atoms with Gasteiger partial charge in [-0.05, 0) is 38.5 Å². The molecule has 0 fully saturated rings. The minimum atomic E-state index is -0.796. The number of hydrogen-bond acceptors (Lipinski definition) is 6. The van der Waals surface area contributed by atoms with Crippen LogP contribution in [-0.2, 0) is 14.4 Å². The van der Waals surface area contributed by atoms with Crippen LogP contribution in [0.3, 0.4) is 0 Å². The van der Waals surface area contributed by atoms with Gasteiger partial charge in [-0.25, -0.2) is 0 Å². The number of unbranched alkanes of at least 4 members (excludes halogenated alkanes) is 6. The number of carboxylic acid groups (broad SMARTS) is 3. The Hall–Kier alpha value is -3.18. The minimum absolute atomic E-state index is 0.156. The van der Waals surface area contributed by atoms with Crippen LogP contribution in [0.15, 0.2) is 15.0 Å². The van der Waals surface area contributed by atoms with Gasteiger partial charge in [-0.1, -0.05) is 19.3 Å². The zero-order chi connectivity index (χ0) is 24.3. The van der Waals surface area contributed by atoms with Crippen molar-refractivity contribution in [3.8, 4) is 0 Å². The third-order valence-corrected chi connectivity index (χ3v) is 4.67. The van der Waals surface area contributed by atoms with Crippen LogP contribution in [0, 0.1) is 0 Å². The van der Waals surface area contributed by atoms with Gasteiger partial charge in [-0.15, -0.1) is 0 Å². The van der Waals surface area contributed by atoms with E-state index in [0.717, 1.165) is 38.5 Å². The summed E-state index contributed by atoms with van der Waals surface area (Å²) in [5.74, 6) is -2.39. The van der Waals surface area contributed by atoms with Crippen LogP contribution in [0.25, 0.3) is 0 Å². The fraction of sp³-hybridized carbons (Fsp3) is 0.714. The van der Waals surface area contributed by atoms with Crippen LogP contribution in [-0.4, -0.2) is 67.8 Å². The van der Waals surface area contributed by atoms with Gasteiger partial charge in [-0.3, -0.25) is 44.3 Å². The molecule has 186 valence electrons. The van der Waals surface area contributed by atoms with Crippen LogP contribution >= 0.6 is 0 Å². The Morgan fingerprint density at radius 1 is 0.485 bits per heavy atom. The molecule has 0 atom stereocenters. The lowest BCUT2D eigenvalue weighted by atomic mass is 10.2. The quantitative estimate of drug-likeness (QED) is 0.176. The van der Waals surface area contributed by atoms with E-state index in [2.05, 4.69) is 29.9 Å². The van der Waals surface area contributed by atoms with Crippen LogP contribution in [0.5, 0.6) is 0 Å². The van der Waals surface area contributed by atoms with E-state index in [1.54, 1.807) is 0 Å². The molecule has 0 radical (unpaired) electrons. The largest absolute Gasteiger partial charge is 0.481 e. The van der Waals surface area contributed by atoms with Crippen molar-refractivity contribution in [2.24, 2.45) is 15.0 Å². The van der Waals surface area contributed by atoms with E-state index in [4.69, 9.17) is 15.3 Å². The molecule has 1 aromatic heterocycles. The van der Waals surface area contributed by atoms with Crippen molar-refractivity contribution < 1.29 is 29.7 Å². The zero-order valence-electron chi connectivity index (χ0n) is 19.0. The van der Waals surface area contributed by atoms with Crippen LogP contribution in [0.2, 0.25) is 0 Å². The molecule has 0 saturated carbocycles. The summed E-state index contributed by atoms with van der Waals surface area (Å²) in [6.07, 6.45) is 6.93. The van der Waals surface area contributed by atoms with Gasteiger partial charge in [0.1, 0.15) is 0 Å². The average Bonchev–Trinajstić information content (AvgIpc) is 2.75. The Morgan fingerprint density at radius 3 is 1.00 bits per heavy atom. The first-order valence-electron chi connectivity index (χ1n) is 11.5. The second kappa shape index (κ2) is 17.4. The van der Waals surface area contributed by atoms with Crippen LogP contribution in [0.4, 0.5) is 0 Å². The predicted octanol–water partition coefficient (Wildman–Crippen LogP) is 1.31. The van der Waals surface area contributed by atoms with Gasteiger partial charge in [0.2, 0.25) is 16.9 Å². The van der Waals surface area contributed by atoms with E-state index >= 15 is 0 Å². The molecule has 0 aromatic carbocycles. The van der Waals surface area contributed by atoms with Crippen LogP contribution < -0.4 is 16.9 Å². The summed E-state index contributed by atoms with van der Waals surface area (Å²) >= 11 is 0. The number of hydrogen-bond donors (Lipinski definition) is 6. The summed E-state index contributed by atoms with van der Waals surface area (Å²) in [6, 6.07) is 0. The van der Waals surface area contributed by atoms with Crippen molar-refractivity contribution >= 4 is 17.9 Å². The lowest BCUT2D eigenvalue weighted by Gasteiger charge is -1.99. The Balaban J connectivity index is 2.75. The van der Waals surface area contributed by atoms with Crippen molar-refractivity contribution in [2.45, 2.75) is 77.0 Å². The maximum Gasteiger partial charge on any atom is 0.303 e. The van der Waals surface area contributed by atoms with Crippen molar-refractivity contribution in [3.05, 3.63) is 16.9 Å². The van der Waals surface area contributed by atoms with Gasteiger partial charge in [0.15, 0.2) is 0 Å². The third-order valence-electron chi connectivity index (χ3n) is 4.67. The fourth-order valence-electron chi connectivity index (χ4n) is 2.93. The highest BCUT2D eigenvalue weighted by molar-refractivity contribution is 5.67. The first-order chi connectivity index (χ1) is 15.9. The van der Waals surface area contributed by atoms with Crippen molar-refractivity contribution in [1.82, 2.24) is 15.0 Å². The SMILES string of the molecule is O=C(O)CCCCCN=c1[nH]c(=NCCCCCC(=O)O)[nH]c(=NCCCCCC(=O)O)[nH]1. The molecule has 6 N–H and O–H groups in total. The first kappa shape index (κ1) is 27.9. The molecule has 0 bridgehead atoms. The molecule has 0 saturated heterocycles. The molecule has 0 spiro atoms. The summed E-state index contributed by atoms with van der Waals surface area (Å²) in [5, 5.41) is 26.1. The fourth-order valence-corrected chi connectivity index (χ4v) is 2.93. The van der Waals surface area contributed by atoms with Crippen molar-refractivity contribution in [1.29, 1.82) is 0 Å². The van der Waals surface area contributed by atoms with E-state index in [1.807, 2.05) is 0 Å². The Labute approximate surface area is 191 Å². The molecule has 0 aliphatic rings. The van der Waals surface area contributed by atoms with Crippen LogP contribution in [0.1, 0.15) is 77.0 Å². The second-order valence-electron chi connectivity index (χ2n) is 7.68. The summed E-state index contributed by atoms with van der Waals surface area (Å²) in [4.78, 5) is 54.3. The lowest BCUT2D eigenvalue weighted by Crippen LogP contribution is -2.37. The molecular formula is C21H36N6O6. The number of aliphatic carboxylic acids is 3. The van der Waals surface area contributed by atoms with Gasteiger partial charge in [0.25, 0.3) is 0 Å². The Morgan fingerprint density at radius 2 is 0.758 bits per heavy atom. The average molecular weight is 469 g/mol. The number of carbonyl (C=O) groups is 3. The van der Waals surface area contributed by atoms with E-state index in [9.17, 15) is 14.4 Å². The highest BCUT2D eigenvalue weighted by atomic mass is 16.4. The monoisotopic (exact) mass is 468 g/mol. The first-order valence-corrected chi connectivity index (χ1v) is 11.5. The number of carboxylic acids is 3. The van der Waals surface area contributed by atoms with Gasteiger partial charge in [0, 0.05) is 38.9 Å². The smallest absolute Gasteiger partial charge is 0.303 e. The summed E-state index contributed by atoms with van der Waals surface area (Å²) < 4.78 is 0. The van der Waals surface area contributed by atoms with E-state index in [-0.39, 0.29) is 19.3 Å². The molecule has 1 rings (SSSR count). The predicted molar refractivity (Wildman–Crippen MR) is 119 cm³/mol. The molecule has 0 aliphatic carbocycles. The summed E-state index contributed by atoms with van der Waals surface area (Å²) in [6.45, 7) is 1.58. The Bertz CT molecular complexity index is 790. The highest BCUT2D eigenvalue weighted by Gasteiger charge is 1.98.